The van der Waals surface area contributed by atoms with E-state index in [0.29, 0.717) is 50.6 Å². The van der Waals surface area contributed by atoms with Gasteiger partial charge in [0.2, 0.25) is 0 Å². The van der Waals surface area contributed by atoms with Gasteiger partial charge < -0.3 is 23.7 Å². The number of hydrogen-bond donors (Lipinski definition) is 0. The molecule has 5 rings (SSSR count). The molecule has 3 heterocycles. The molecule has 38 heavy (non-hydrogen) atoms. The van der Waals surface area contributed by atoms with Crippen LogP contribution in [0.1, 0.15) is 60.7 Å². The van der Waals surface area contributed by atoms with Gasteiger partial charge in [0, 0.05) is 24.0 Å². The summed E-state index contributed by atoms with van der Waals surface area (Å²) in [5.74, 6) is 1.02. The Morgan fingerprint density at radius 1 is 1.03 bits per heavy atom. The van der Waals surface area contributed by atoms with Gasteiger partial charge in [-0.1, -0.05) is 49.7 Å². The molecule has 202 valence electrons. The van der Waals surface area contributed by atoms with Gasteiger partial charge >= 0.3 is 0 Å². The average molecular weight is 519 g/mol. The van der Waals surface area contributed by atoms with E-state index in [9.17, 15) is 9.59 Å². The molecular formula is C31H38N2O5. The summed E-state index contributed by atoms with van der Waals surface area (Å²) in [6, 6.07) is 15.8. The number of carbonyl (C=O) groups excluding carboxylic acids is 2. The molecule has 2 aromatic carbocycles. The Bertz CT molecular complexity index is 1280. The largest absolute Gasteiger partial charge is 0.491 e. The number of rotatable bonds is 4. The van der Waals surface area contributed by atoms with Crippen molar-refractivity contribution in [2.75, 3.05) is 39.4 Å². The number of benzene rings is 2. The normalized spacial score (nSPS) is 21.1. The molecule has 0 saturated carbocycles. The summed E-state index contributed by atoms with van der Waals surface area (Å²) in [7, 11) is 0. The molecule has 7 heteroatoms. The van der Waals surface area contributed by atoms with E-state index >= 15 is 0 Å². The van der Waals surface area contributed by atoms with Crippen LogP contribution >= 0.6 is 0 Å². The highest BCUT2D eigenvalue weighted by Gasteiger charge is 2.47. The lowest BCUT2D eigenvalue weighted by Crippen LogP contribution is -2.62. The van der Waals surface area contributed by atoms with Gasteiger partial charge in [0.15, 0.2) is 11.4 Å². The van der Waals surface area contributed by atoms with E-state index in [-0.39, 0.29) is 18.4 Å². The first-order valence-corrected chi connectivity index (χ1v) is 13.9. The molecule has 7 nitrogen and oxygen atoms in total. The van der Waals surface area contributed by atoms with Crippen molar-refractivity contribution >= 4 is 22.8 Å². The van der Waals surface area contributed by atoms with Crippen LogP contribution in [-0.4, -0.2) is 66.6 Å². The number of fused-ring (bicyclic) bond motifs is 2. The smallest absolute Gasteiger partial charge is 0.290 e. The third-order valence-electron chi connectivity index (χ3n) is 7.84. The number of morpholine rings is 1. The van der Waals surface area contributed by atoms with Crippen LogP contribution in [0.15, 0.2) is 52.9 Å². The Morgan fingerprint density at radius 3 is 2.68 bits per heavy atom. The highest BCUT2D eigenvalue weighted by molar-refractivity contribution is 5.99. The topological polar surface area (TPSA) is 72.2 Å². The Hall–Kier alpha value is -3.32. The van der Waals surface area contributed by atoms with E-state index in [1.54, 1.807) is 4.90 Å². The van der Waals surface area contributed by atoms with Gasteiger partial charge in [0.05, 0.1) is 19.7 Å². The number of ether oxygens (including phenoxy) is 2. The van der Waals surface area contributed by atoms with Crippen molar-refractivity contribution in [2.45, 2.75) is 58.0 Å². The predicted molar refractivity (Wildman–Crippen MR) is 147 cm³/mol. The zero-order chi connectivity index (χ0) is 26.5. The van der Waals surface area contributed by atoms with Crippen LogP contribution in [-0.2, 0) is 16.0 Å². The van der Waals surface area contributed by atoms with Gasteiger partial charge in [-0.15, -0.1) is 0 Å². The molecule has 0 radical (unpaired) electrons. The van der Waals surface area contributed by atoms with Crippen molar-refractivity contribution in [3.05, 3.63) is 65.4 Å². The van der Waals surface area contributed by atoms with Crippen molar-refractivity contribution in [1.82, 2.24) is 9.80 Å². The van der Waals surface area contributed by atoms with Gasteiger partial charge in [-0.05, 0) is 56.7 Å². The highest BCUT2D eigenvalue weighted by Crippen LogP contribution is 2.32. The van der Waals surface area contributed by atoms with Crippen molar-refractivity contribution in [1.29, 1.82) is 0 Å². The summed E-state index contributed by atoms with van der Waals surface area (Å²) < 4.78 is 18.5. The SMILES string of the molecule is CCCCN1CCOc2ccccc2CCCCC2(CN(C(=O)c3oc4ccccc4c3C)CCO2)C1=O. The van der Waals surface area contributed by atoms with E-state index < -0.39 is 5.60 Å². The molecule has 1 aromatic heterocycles. The minimum absolute atomic E-state index is 0.0396. The fourth-order valence-electron chi connectivity index (χ4n) is 5.66. The predicted octanol–water partition coefficient (Wildman–Crippen LogP) is 5.39. The van der Waals surface area contributed by atoms with Crippen LogP contribution < -0.4 is 4.74 Å². The number of furan rings is 1. The lowest BCUT2D eigenvalue weighted by molar-refractivity contribution is -0.170. The van der Waals surface area contributed by atoms with Crippen molar-refractivity contribution in [2.24, 2.45) is 0 Å². The zero-order valence-corrected chi connectivity index (χ0v) is 22.5. The van der Waals surface area contributed by atoms with Crippen LogP contribution in [0.4, 0.5) is 0 Å². The lowest BCUT2D eigenvalue weighted by atomic mass is 9.90. The first-order valence-electron chi connectivity index (χ1n) is 13.9. The second kappa shape index (κ2) is 11.6. The monoisotopic (exact) mass is 518 g/mol. The van der Waals surface area contributed by atoms with E-state index in [0.717, 1.165) is 48.8 Å². The van der Waals surface area contributed by atoms with Crippen LogP contribution in [0, 0.1) is 6.92 Å². The maximum Gasteiger partial charge on any atom is 0.290 e. The van der Waals surface area contributed by atoms with Crippen molar-refractivity contribution < 1.29 is 23.5 Å². The third kappa shape index (κ3) is 5.30. The molecule has 3 aromatic rings. The van der Waals surface area contributed by atoms with Gasteiger partial charge in [0.25, 0.3) is 11.8 Å². The summed E-state index contributed by atoms with van der Waals surface area (Å²) in [6.07, 6.45) is 5.05. The summed E-state index contributed by atoms with van der Waals surface area (Å²) in [5, 5.41) is 0.937. The van der Waals surface area contributed by atoms with E-state index in [1.807, 2.05) is 54.3 Å². The summed E-state index contributed by atoms with van der Waals surface area (Å²) in [5.41, 5.74) is 1.65. The number of amides is 2. The second-order valence-corrected chi connectivity index (χ2v) is 10.4. The molecule has 1 fully saturated rings. The molecule has 1 atom stereocenters. The maximum atomic E-state index is 14.2. The molecule has 1 unspecified atom stereocenters. The second-order valence-electron chi connectivity index (χ2n) is 10.4. The van der Waals surface area contributed by atoms with E-state index in [4.69, 9.17) is 13.9 Å². The molecule has 0 bridgehead atoms. The number of hydrogen-bond acceptors (Lipinski definition) is 5. The standard InChI is InChI=1S/C31H38N2O5/c1-3-4-17-32-18-20-36-26-14-7-5-11-24(26)12-9-10-16-31(30(32)35)22-33(19-21-37-31)29(34)28-23(2)25-13-6-8-15-27(25)38-28/h5-8,11,13-15H,3-4,9-10,12,16-22H2,1-2H3. The maximum absolute atomic E-state index is 14.2. The molecule has 2 amide bonds. The van der Waals surface area contributed by atoms with Crippen molar-refractivity contribution in [3.8, 4) is 5.75 Å². The molecular weight excluding hydrogens is 480 g/mol. The van der Waals surface area contributed by atoms with Crippen LogP contribution in [0.3, 0.4) is 0 Å². The zero-order valence-electron chi connectivity index (χ0n) is 22.5. The van der Waals surface area contributed by atoms with Gasteiger partial charge in [-0.2, -0.15) is 0 Å². The Balaban J connectivity index is 1.42. The molecule has 0 aliphatic carbocycles. The summed E-state index contributed by atoms with van der Waals surface area (Å²) in [6.45, 7) is 6.55. The number of unbranched alkanes of at least 4 members (excludes halogenated alkanes) is 1. The quantitative estimate of drug-likeness (QED) is 0.463. The molecule has 1 spiro atoms. The molecule has 2 aliphatic heterocycles. The van der Waals surface area contributed by atoms with Gasteiger partial charge in [-0.25, -0.2) is 0 Å². The summed E-state index contributed by atoms with van der Waals surface area (Å²) >= 11 is 0. The highest BCUT2D eigenvalue weighted by atomic mass is 16.5. The van der Waals surface area contributed by atoms with Crippen LogP contribution in [0.25, 0.3) is 11.0 Å². The number of carbonyl (C=O) groups is 2. The molecule has 0 N–H and O–H groups in total. The Labute approximate surface area is 224 Å². The molecule has 1 saturated heterocycles. The van der Waals surface area contributed by atoms with Crippen LogP contribution in [0.2, 0.25) is 0 Å². The van der Waals surface area contributed by atoms with E-state index in [1.165, 1.54) is 5.56 Å². The first-order chi connectivity index (χ1) is 18.5. The Morgan fingerprint density at radius 2 is 1.84 bits per heavy atom. The minimum atomic E-state index is -1.07. The Kier molecular flexibility index (Phi) is 8.03. The fourth-order valence-corrected chi connectivity index (χ4v) is 5.66. The fraction of sp³-hybridized carbons (Fsp3) is 0.484. The van der Waals surface area contributed by atoms with Crippen molar-refractivity contribution in [3.63, 3.8) is 0 Å². The van der Waals surface area contributed by atoms with E-state index in [2.05, 4.69) is 13.0 Å². The van der Waals surface area contributed by atoms with Crippen LogP contribution in [0.5, 0.6) is 5.75 Å². The van der Waals surface area contributed by atoms with Gasteiger partial charge in [-0.3, -0.25) is 9.59 Å². The third-order valence-corrected chi connectivity index (χ3v) is 7.84. The first kappa shape index (κ1) is 26.3. The average Bonchev–Trinajstić information content (AvgIpc) is 3.28. The number of para-hydroxylation sites is 2. The van der Waals surface area contributed by atoms with Gasteiger partial charge in [0.1, 0.15) is 17.9 Å². The number of nitrogens with zero attached hydrogens (tertiary/aromatic N) is 2. The summed E-state index contributed by atoms with van der Waals surface area (Å²) in [4.78, 5) is 31.5. The molecule has 2 aliphatic rings. The minimum Gasteiger partial charge on any atom is -0.491 e. The lowest BCUT2D eigenvalue weighted by Gasteiger charge is -2.44. The number of aryl methyl sites for hydroxylation is 2.